The molecule has 0 atom stereocenters. The standard InChI is InChI=1S/C14H14N2OS/c1-3-16-9-12(14-15-6-7-18-14)11-5-4-10(17-2)8-13(11)16/h4-9H,3H2,1-2H3. The number of aromatic nitrogens is 2. The van der Waals surface area contributed by atoms with E-state index in [4.69, 9.17) is 4.74 Å². The van der Waals surface area contributed by atoms with Crippen molar-refractivity contribution in [2.24, 2.45) is 0 Å². The van der Waals surface area contributed by atoms with Crippen molar-refractivity contribution in [3.63, 3.8) is 0 Å². The van der Waals surface area contributed by atoms with Gasteiger partial charge < -0.3 is 9.30 Å². The molecule has 0 aliphatic carbocycles. The first-order valence-corrected chi connectivity index (χ1v) is 6.78. The number of hydrogen-bond donors (Lipinski definition) is 0. The summed E-state index contributed by atoms with van der Waals surface area (Å²) in [7, 11) is 1.70. The first-order valence-electron chi connectivity index (χ1n) is 5.90. The largest absolute Gasteiger partial charge is 0.497 e. The summed E-state index contributed by atoms with van der Waals surface area (Å²) in [5.74, 6) is 0.890. The van der Waals surface area contributed by atoms with Gasteiger partial charge in [-0.3, -0.25) is 0 Å². The van der Waals surface area contributed by atoms with E-state index < -0.39 is 0 Å². The van der Waals surface area contributed by atoms with Crippen LogP contribution in [-0.4, -0.2) is 16.7 Å². The second-order valence-electron chi connectivity index (χ2n) is 4.05. The Bertz CT molecular complexity index is 670. The third-order valence-electron chi connectivity index (χ3n) is 3.09. The van der Waals surface area contributed by atoms with Crippen LogP contribution in [0.1, 0.15) is 6.92 Å². The Hall–Kier alpha value is -1.81. The van der Waals surface area contributed by atoms with Gasteiger partial charge in [0.25, 0.3) is 0 Å². The van der Waals surface area contributed by atoms with Gasteiger partial charge in [0.2, 0.25) is 0 Å². The van der Waals surface area contributed by atoms with Crippen LogP contribution in [0.3, 0.4) is 0 Å². The highest BCUT2D eigenvalue weighted by molar-refractivity contribution is 7.13. The van der Waals surface area contributed by atoms with E-state index in [2.05, 4.69) is 34.8 Å². The molecule has 0 unspecified atom stereocenters. The molecule has 0 amide bonds. The van der Waals surface area contributed by atoms with Crippen molar-refractivity contribution in [2.45, 2.75) is 13.5 Å². The molecule has 0 spiro atoms. The SMILES string of the molecule is CCn1cc(-c2nccs2)c2ccc(OC)cc21. The van der Waals surface area contributed by atoms with Gasteiger partial charge in [0.15, 0.2) is 0 Å². The van der Waals surface area contributed by atoms with E-state index >= 15 is 0 Å². The summed E-state index contributed by atoms with van der Waals surface area (Å²) in [4.78, 5) is 4.40. The van der Waals surface area contributed by atoms with Crippen LogP contribution in [0.2, 0.25) is 0 Å². The van der Waals surface area contributed by atoms with Gasteiger partial charge in [-0.05, 0) is 19.1 Å². The first-order chi connectivity index (χ1) is 8.83. The van der Waals surface area contributed by atoms with Crippen LogP contribution in [-0.2, 0) is 6.54 Å². The molecule has 3 aromatic rings. The lowest BCUT2D eigenvalue weighted by Crippen LogP contribution is -1.91. The fourth-order valence-corrected chi connectivity index (χ4v) is 2.85. The second-order valence-corrected chi connectivity index (χ2v) is 4.94. The predicted molar refractivity (Wildman–Crippen MR) is 75.3 cm³/mol. The fraction of sp³-hybridized carbons (Fsp3) is 0.214. The van der Waals surface area contributed by atoms with Gasteiger partial charge in [0, 0.05) is 41.3 Å². The summed E-state index contributed by atoms with van der Waals surface area (Å²) >= 11 is 1.67. The van der Waals surface area contributed by atoms with E-state index in [1.165, 1.54) is 16.5 Å². The summed E-state index contributed by atoms with van der Waals surface area (Å²) in [6.45, 7) is 3.08. The molecule has 0 N–H and O–H groups in total. The Labute approximate surface area is 110 Å². The summed E-state index contributed by atoms with van der Waals surface area (Å²) in [6, 6.07) is 6.19. The van der Waals surface area contributed by atoms with Crippen LogP contribution >= 0.6 is 11.3 Å². The molecule has 0 radical (unpaired) electrons. The number of hydrogen-bond acceptors (Lipinski definition) is 3. The average molecular weight is 258 g/mol. The molecule has 0 aliphatic rings. The third-order valence-corrected chi connectivity index (χ3v) is 3.90. The highest BCUT2D eigenvalue weighted by Gasteiger charge is 2.12. The van der Waals surface area contributed by atoms with Crippen LogP contribution in [0, 0.1) is 0 Å². The van der Waals surface area contributed by atoms with E-state index in [1.54, 1.807) is 18.4 Å². The van der Waals surface area contributed by atoms with Crippen LogP contribution in [0.4, 0.5) is 0 Å². The van der Waals surface area contributed by atoms with Gasteiger partial charge in [-0.1, -0.05) is 0 Å². The monoisotopic (exact) mass is 258 g/mol. The minimum atomic E-state index is 0.890. The summed E-state index contributed by atoms with van der Waals surface area (Å²) < 4.78 is 7.53. The fourth-order valence-electron chi connectivity index (χ4n) is 2.19. The number of thiazole rings is 1. The van der Waals surface area contributed by atoms with E-state index in [0.29, 0.717) is 0 Å². The number of methoxy groups -OCH3 is 1. The number of rotatable bonds is 3. The molecule has 2 aromatic heterocycles. The number of ether oxygens (including phenoxy) is 1. The maximum Gasteiger partial charge on any atom is 0.125 e. The molecule has 4 heteroatoms. The Morgan fingerprint density at radius 3 is 2.94 bits per heavy atom. The van der Waals surface area contributed by atoms with Crippen LogP contribution in [0.15, 0.2) is 36.0 Å². The van der Waals surface area contributed by atoms with Gasteiger partial charge in [0.1, 0.15) is 10.8 Å². The van der Waals surface area contributed by atoms with E-state index in [1.807, 2.05) is 17.6 Å². The first kappa shape index (κ1) is 11.3. The van der Waals surface area contributed by atoms with Gasteiger partial charge in [-0.2, -0.15) is 0 Å². The van der Waals surface area contributed by atoms with Crippen molar-refractivity contribution in [2.75, 3.05) is 7.11 Å². The Morgan fingerprint density at radius 2 is 2.28 bits per heavy atom. The van der Waals surface area contributed by atoms with E-state index in [0.717, 1.165) is 17.3 Å². The lowest BCUT2D eigenvalue weighted by atomic mass is 10.2. The Balaban J connectivity index is 2.28. The topological polar surface area (TPSA) is 27.1 Å². The van der Waals surface area contributed by atoms with Crippen molar-refractivity contribution in [3.05, 3.63) is 36.0 Å². The summed E-state index contributed by atoms with van der Waals surface area (Å²) in [5, 5.41) is 4.30. The van der Waals surface area contributed by atoms with Gasteiger partial charge in [0.05, 0.1) is 12.6 Å². The molecule has 1 aromatic carbocycles. The second kappa shape index (κ2) is 4.46. The van der Waals surface area contributed by atoms with Crippen molar-refractivity contribution in [1.82, 2.24) is 9.55 Å². The molecular weight excluding hydrogens is 244 g/mol. The molecule has 92 valence electrons. The zero-order valence-corrected chi connectivity index (χ0v) is 11.2. The summed E-state index contributed by atoms with van der Waals surface area (Å²) in [6.07, 6.45) is 4.02. The molecule has 18 heavy (non-hydrogen) atoms. The molecule has 3 rings (SSSR count). The van der Waals surface area contributed by atoms with Crippen LogP contribution in [0.5, 0.6) is 5.75 Å². The molecule has 0 aliphatic heterocycles. The van der Waals surface area contributed by atoms with E-state index in [-0.39, 0.29) is 0 Å². The molecule has 0 saturated heterocycles. The van der Waals surface area contributed by atoms with Crippen molar-refractivity contribution >= 4 is 22.2 Å². The lowest BCUT2D eigenvalue weighted by molar-refractivity contribution is 0.415. The quantitative estimate of drug-likeness (QED) is 0.714. The maximum absolute atomic E-state index is 5.30. The van der Waals surface area contributed by atoms with Crippen molar-refractivity contribution in [3.8, 4) is 16.3 Å². The number of benzene rings is 1. The minimum absolute atomic E-state index is 0.890. The van der Waals surface area contributed by atoms with Gasteiger partial charge in [-0.25, -0.2) is 4.98 Å². The van der Waals surface area contributed by atoms with Crippen molar-refractivity contribution in [1.29, 1.82) is 0 Å². The van der Waals surface area contributed by atoms with E-state index in [9.17, 15) is 0 Å². The van der Waals surface area contributed by atoms with Crippen molar-refractivity contribution < 1.29 is 4.74 Å². The molecule has 0 bridgehead atoms. The zero-order valence-electron chi connectivity index (χ0n) is 10.4. The van der Waals surface area contributed by atoms with Gasteiger partial charge in [-0.15, -0.1) is 11.3 Å². The summed E-state index contributed by atoms with van der Waals surface area (Å²) in [5.41, 5.74) is 2.39. The lowest BCUT2D eigenvalue weighted by Gasteiger charge is -2.03. The number of nitrogens with zero attached hydrogens (tertiary/aromatic N) is 2. The average Bonchev–Trinajstić information content (AvgIpc) is 3.04. The smallest absolute Gasteiger partial charge is 0.125 e. The molecule has 2 heterocycles. The number of fused-ring (bicyclic) bond motifs is 1. The highest BCUT2D eigenvalue weighted by Crippen LogP contribution is 2.33. The normalized spacial score (nSPS) is 11.0. The van der Waals surface area contributed by atoms with Gasteiger partial charge >= 0.3 is 0 Å². The van der Waals surface area contributed by atoms with Crippen LogP contribution in [0.25, 0.3) is 21.5 Å². The number of aryl methyl sites for hydroxylation is 1. The minimum Gasteiger partial charge on any atom is -0.497 e. The third kappa shape index (κ3) is 1.69. The predicted octanol–water partition coefficient (Wildman–Crippen LogP) is 3.79. The molecule has 3 nitrogen and oxygen atoms in total. The molecule has 0 saturated carbocycles. The highest BCUT2D eigenvalue weighted by atomic mass is 32.1. The zero-order chi connectivity index (χ0) is 12.5. The molecule has 0 fully saturated rings. The molecular formula is C14H14N2OS. The van der Waals surface area contributed by atoms with Crippen LogP contribution < -0.4 is 4.74 Å². The Kier molecular flexibility index (Phi) is 2.80. The Morgan fingerprint density at radius 1 is 1.39 bits per heavy atom. The maximum atomic E-state index is 5.30.